The third-order valence-electron chi connectivity index (χ3n) is 3.85. The van der Waals surface area contributed by atoms with Crippen molar-refractivity contribution in [2.75, 3.05) is 20.3 Å². The molecule has 1 saturated carbocycles. The van der Waals surface area contributed by atoms with Crippen molar-refractivity contribution in [1.29, 1.82) is 0 Å². The molecule has 0 bridgehead atoms. The van der Waals surface area contributed by atoms with Crippen LogP contribution in [0.15, 0.2) is 24.3 Å². The summed E-state index contributed by atoms with van der Waals surface area (Å²) in [6.07, 6.45) is 3.98. The zero-order valence-corrected chi connectivity index (χ0v) is 13.8. The minimum atomic E-state index is 0.0409. The fourth-order valence-corrected chi connectivity index (χ4v) is 2.37. The number of hydrogen-bond acceptors (Lipinski definition) is 3. The van der Waals surface area contributed by atoms with Gasteiger partial charge in [0, 0.05) is 24.3 Å². The Labute approximate surface area is 129 Å². The van der Waals surface area contributed by atoms with Gasteiger partial charge in [0.05, 0.1) is 13.2 Å². The Balaban J connectivity index is 2.01. The number of ether oxygens (including phenoxy) is 2. The summed E-state index contributed by atoms with van der Waals surface area (Å²) in [7, 11) is 1.72. The lowest BCUT2D eigenvalue weighted by Crippen LogP contribution is -2.39. The van der Waals surface area contributed by atoms with E-state index in [0.717, 1.165) is 30.4 Å². The second-order valence-electron chi connectivity index (χ2n) is 6.96. The van der Waals surface area contributed by atoms with E-state index in [9.17, 15) is 0 Å². The Bertz CT molecular complexity index is 435. The number of hydrogen-bond donors (Lipinski definition) is 1. The lowest BCUT2D eigenvalue weighted by Gasteiger charge is -2.26. The van der Waals surface area contributed by atoms with Crippen LogP contribution in [0.5, 0.6) is 5.75 Å². The van der Waals surface area contributed by atoms with Crippen molar-refractivity contribution in [3.05, 3.63) is 29.8 Å². The van der Waals surface area contributed by atoms with Crippen LogP contribution in [0.25, 0.3) is 0 Å². The van der Waals surface area contributed by atoms with Crippen LogP contribution in [0.4, 0.5) is 0 Å². The zero-order valence-electron chi connectivity index (χ0n) is 13.8. The average Bonchev–Trinajstić information content (AvgIpc) is 3.25. The van der Waals surface area contributed by atoms with Crippen molar-refractivity contribution in [2.24, 2.45) is 5.92 Å². The maximum absolute atomic E-state index is 6.17. The predicted molar refractivity (Wildman–Crippen MR) is 86.8 cm³/mol. The van der Waals surface area contributed by atoms with Crippen molar-refractivity contribution in [2.45, 2.75) is 51.7 Å². The topological polar surface area (TPSA) is 30.5 Å². The summed E-state index contributed by atoms with van der Waals surface area (Å²) < 4.78 is 11.7. The van der Waals surface area contributed by atoms with E-state index in [2.05, 4.69) is 32.2 Å². The second kappa shape index (κ2) is 7.28. The summed E-state index contributed by atoms with van der Waals surface area (Å²) in [6, 6.07) is 8.15. The molecule has 1 fully saturated rings. The number of methoxy groups -OCH3 is 1. The summed E-state index contributed by atoms with van der Waals surface area (Å²) >= 11 is 0. The Morgan fingerprint density at radius 1 is 1.24 bits per heavy atom. The molecule has 3 nitrogen and oxygen atoms in total. The third-order valence-corrected chi connectivity index (χ3v) is 3.85. The molecule has 21 heavy (non-hydrogen) atoms. The van der Waals surface area contributed by atoms with Gasteiger partial charge in [0.25, 0.3) is 0 Å². The fraction of sp³-hybridized carbons (Fsp3) is 0.667. The van der Waals surface area contributed by atoms with Crippen LogP contribution in [-0.2, 0) is 4.74 Å². The van der Waals surface area contributed by atoms with Gasteiger partial charge in [-0.05, 0) is 39.2 Å². The number of rotatable bonds is 8. The van der Waals surface area contributed by atoms with Gasteiger partial charge in [-0.25, -0.2) is 0 Å². The molecule has 1 N–H and O–H groups in total. The van der Waals surface area contributed by atoms with Crippen molar-refractivity contribution in [1.82, 2.24) is 5.32 Å². The van der Waals surface area contributed by atoms with E-state index < -0.39 is 0 Å². The minimum Gasteiger partial charge on any atom is -0.496 e. The van der Waals surface area contributed by atoms with Crippen molar-refractivity contribution < 1.29 is 9.47 Å². The second-order valence-corrected chi connectivity index (χ2v) is 6.96. The van der Waals surface area contributed by atoms with Crippen LogP contribution in [0, 0.1) is 5.92 Å². The van der Waals surface area contributed by atoms with E-state index >= 15 is 0 Å². The normalized spacial score (nSPS) is 16.8. The Hall–Kier alpha value is -1.06. The van der Waals surface area contributed by atoms with Gasteiger partial charge < -0.3 is 14.8 Å². The highest BCUT2D eigenvalue weighted by Crippen LogP contribution is 2.33. The highest BCUT2D eigenvalue weighted by molar-refractivity contribution is 5.35. The van der Waals surface area contributed by atoms with Gasteiger partial charge in [0.15, 0.2) is 0 Å². The van der Waals surface area contributed by atoms with Crippen LogP contribution in [0.3, 0.4) is 0 Å². The van der Waals surface area contributed by atoms with Crippen LogP contribution in [0.2, 0.25) is 0 Å². The van der Waals surface area contributed by atoms with Crippen LogP contribution < -0.4 is 10.1 Å². The first kappa shape index (κ1) is 16.3. The maximum atomic E-state index is 6.17. The lowest BCUT2D eigenvalue weighted by molar-refractivity contribution is 0.0429. The largest absolute Gasteiger partial charge is 0.496 e. The van der Waals surface area contributed by atoms with Gasteiger partial charge in [0.2, 0.25) is 0 Å². The Morgan fingerprint density at radius 3 is 2.57 bits per heavy atom. The van der Waals surface area contributed by atoms with E-state index in [-0.39, 0.29) is 11.6 Å². The van der Waals surface area contributed by atoms with Gasteiger partial charge in [-0.1, -0.05) is 31.0 Å². The van der Waals surface area contributed by atoms with Gasteiger partial charge in [-0.3, -0.25) is 0 Å². The predicted octanol–water partition coefficient (Wildman–Crippen LogP) is 3.94. The maximum Gasteiger partial charge on any atom is 0.124 e. The van der Waals surface area contributed by atoms with E-state index in [0.29, 0.717) is 0 Å². The Morgan fingerprint density at radius 2 is 1.95 bits per heavy atom. The van der Waals surface area contributed by atoms with E-state index in [1.54, 1.807) is 7.11 Å². The fourth-order valence-electron chi connectivity index (χ4n) is 2.37. The number of nitrogens with one attached hydrogen (secondary N) is 1. The first-order valence-corrected chi connectivity index (χ1v) is 7.99. The van der Waals surface area contributed by atoms with Gasteiger partial charge in [-0.15, -0.1) is 0 Å². The molecule has 1 atom stereocenters. The quantitative estimate of drug-likeness (QED) is 0.787. The van der Waals surface area contributed by atoms with Crippen molar-refractivity contribution >= 4 is 0 Å². The molecular weight excluding hydrogens is 262 g/mol. The minimum absolute atomic E-state index is 0.0409. The van der Waals surface area contributed by atoms with Crippen molar-refractivity contribution in [3.8, 4) is 5.75 Å². The summed E-state index contributed by atoms with van der Waals surface area (Å²) in [6.45, 7) is 8.16. The highest BCUT2D eigenvalue weighted by atomic mass is 16.5. The van der Waals surface area contributed by atoms with E-state index in [1.807, 2.05) is 18.2 Å². The molecule has 1 aromatic rings. The van der Waals surface area contributed by atoms with Crippen LogP contribution in [-0.4, -0.2) is 25.8 Å². The highest BCUT2D eigenvalue weighted by Gasteiger charge is 2.23. The van der Waals surface area contributed by atoms with E-state index in [1.165, 1.54) is 19.3 Å². The summed E-state index contributed by atoms with van der Waals surface area (Å²) in [4.78, 5) is 0. The van der Waals surface area contributed by atoms with E-state index in [4.69, 9.17) is 9.47 Å². The molecule has 1 aliphatic rings. The molecule has 0 saturated heterocycles. The molecule has 0 spiro atoms. The lowest BCUT2D eigenvalue weighted by atomic mass is 10.0. The van der Waals surface area contributed by atoms with Crippen LogP contribution >= 0.6 is 0 Å². The zero-order chi connectivity index (χ0) is 15.3. The molecule has 0 heterocycles. The molecule has 0 aliphatic heterocycles. The Kier molecular flexibility index (Phi) is 5.65. The summed E-state index contributed by atoms with van der Waals surface area (Å²) in [5.74, 6) is 1.81. The molecule has 1 aliphatic carbocycles. The third kappa shape index (κ3) is 5.68. The first-order chi connectivity index (χ1) is 9.99. The smallest absolute Gasteiger partial charge is 0.124 e. The molecule has 118 valence electrons. The molecule has 3 heteroatoms. The van der Waals surface area contributed by atoms with Gasteiger partial charge in [-0.2, -0.15) is 0 Å². The summed E-state index contributed by atoms with van der Waals surface area (Å²) in [5.41, 5.74) is 1.22. The molecule has 0 amide bonds. The van der Waals surface area contributed by atoms with Crippen molar-refractivity contribution in [3.63, 3.8) is 0 Å². The SMILES string of the molecule is COc1ccccc1C(CNC(C)(C)C)OCCC1CC1. The number of benzene rings is 1. The van der Waals surface area contributed by atoms with Gasteiger partial charge >= 0.3 is 0 Å². The molecule has 0 aromatic heterocycles. The first-order valence-electron chi connectivity index (χ1n) is 7.99. The monoisotopic (exact) mass is 291 g/mol. The van der Waals surface area contributed by atoms with Gasteiger partial charge in [0.1, 0.15) is 5.75 Å². The average molecular weight is 291 g/mol. The standard InChI is InChI=1S/C18H29NO2/c1-18(2,3)19-13-17(21-12-11-14-9-10-14)15-7-5-6-8-16(15)20-4/h5-8,14,17,19H,9-13H2,1-4H3. The summed E-state index contributed by atoms with van der Waals surface area (Å²) in [5, 5.41) is 3.54. The number of para-hydroxylation sites is 1. The molecule has 1 aromatic carbocycles. The van der Waals surface area contributed by atoms with Crippen LogP contribution in [0.1, 0.15) is 51.7 Å². The molecular formula is C18H29NO2. The molecule has 2 rings (SSSR count). The molecule has 0 radical (unpaired) electrons. The molecule has 1 unspecified atom stereocenters.